The van der Waals surface area contributed by atoms with Crippen LogP contribution in [0.1, 0.15) is 41.5 Å². The highest BCUT2D eigenvalue weighted by atomic mass is 16.5. The normalized spacial score (nSPS) is 20.8. The first-order valence-corrected chi connectivity index (χ1v) is 8.75. The predicted molar refractivity (Wildman–Crippen MR) is 92.8 cm³/mol. The molecule has 2 aliphatic heterocycles. The van der Waals surface area contributed by atoms with Crippen molar-refractivity contribution in [3.05, 3.63) is 53.1 Å². The summed E-state index contributed by atoms with van der Waals surface area (Å²) in [6.07, 6.45) is 5.43. The molecule has 1 N–H and O–H groups in total. The minimum absolute atomic E-state index is 0.354. The number of nitrogens with zero attached hydrogens (tertiary/aromatic N) is 3. The van der Waals surface area contributed by atoms with Crippen LogP contribution < -0.4 is 10.1 Å². The fourth-order valence-corrected chi connectivity index (χ4v) is 3.59. The van der Waals surface area contributed by atoms with Gasteiger partial charge in [0.05, 0.1) is 13.2 Å². The molecule has 126 valence electrons. The van der Waals surface area contributed by atoms with Gasteiger partial charge in [0.1, 0.15) is 11.6 Å². The molecular weight excluding hydrogens is 300 g/mol. The fraction of sp³-hybridized carbons (Fsp3) is 0.474. The molecule has 0 amide bonds. The van der Waals surface area contributed by atoms with Gasteiger partial charge in [-0.1, -0.05) is 12.1 Å². The van der Waals surface area contributed by atoms with Gasteiger partial charge in [0, 0.05) is 43.5 Å². The lowest BCUT2D eigenvalue weighted by atomic mass is 10.1. The molecule has 5 nitrogen and oxygen atoms in total. The van der Waals surface area contributed by atoms with E-state index in [4.69, 9.17) is 9.72 Å². The summed E-state index contributed by atoms with van der Waals surface area (Å²) in [5.74, 6) is 1.89. The van der Waals surface area contributed by atoms with E-state index in [-0.39, 0.29) is 0 Å². The molecule has 2 aromatic rings. The molecule has 1 aromatic heterocycles. The van der Waals surface area contributed by atoms with E-state index in [2.05, 4.69) is 27.3 Å². The van der Waals surface area contributed by atoms with Gasteiger partial charge in [-0.15, -0.1) is 0 Å². The third kappa shape index (κ3) is 3.28. The van der Waals surface area contributed by atoms with Crippen LogP contribution in [0.25, 0.3) is 0 Å². The van der Waals surface area contributed by atoms with E-state index in [9.17, 15) is 0 Å². The van der Waals surface area contributed by atoms with Gasteiger partial charge in [-0.05, 0) is 37.1 Å². The van der Waals surface area contributed by atoms with E-state index < -0.39 is 0 Å². The van der Waals surface area contributed by atoms with E-state index in [0.717, 1.165) is 50.6 Å². The van der Waals surface area contributed by atoms with E-state index in [1.807, 2.05) is 18.3 Å². The van der Waals surface area contributed by atoms with Crippen molar-refractivity contribution >= 4 is 0 Å². The molecule has 1 fully saturated rings. The summed E-state index contributed by atoms with van der Waals surface area (Å²) in [6, 6.07) is 8.68. The highest BCUT2D eigenvalue weighted by molar-refractivity contribution is 5.28. The third-order valence-corrected chi connectivity index (χ3v) is 4.97. The summed E-state index contributed by atoms with van der Waals surface area (Å²) in [5.41, 5.74) is 3.82. The Labute approximate surface area is 143 Å². The van der Waals surface area contributed by atoms with Crippen LogP contribution in [-0.4, -0.2) is 35.1 Å². The zero-order valence-corrected chi connectivity index (χ0v) is 14.2. The molecule has 3 heterocycles. The fourth-order valence-electron chi connectivity index (χ4n) is 3.59. The first kappa shape index (κ1) is 15.5. The molecule has 1 saturated heterocycles. The van der Waals surface area contributed by atoms with Crippen molar-refractivity contribution in [3.8, 4) is 5.75 Å². The highest BCUT2D eigenvalue weighted by Gasteiger charge is 2.23. The lowest BCUT2D eigenvalue weighted by Crippen LogP contribution is -2.31. The minimum atomic E-state index is 0.354. The van der Waals surface area contributed by atoms with Gasteiger partial charge >= 0.3 is 0 Å². The number of rotatable bonds is 4. The Morgan fingerprint density at radius 3 is 2.92 bits per heavy atom. The Morgan fingerprint density at radius 2 is 2.17 bits per heavy atom. The van der Waals surface area contributed by atoms with Crippen molar-refractivity contribution in [1.82, 2.24) is 20.2 Å². The van der Waals surface area contributed by atoms with Crippen LogP contribution >= 0.6 is 0 Å². The maximum atomic E-state index is 5.22. The van der Waals surface area contributed by atoms with Crippen LogP contribution in [0.3, 0.4) is 0 Å². The zero-order chi connectivity index (χ0) is 16.4. The molecule has 1 aromatic carbocycles. The number of fused-ring (bicyclic) bond motifs is 1. The number of aromatic nitrogens is 2. The quantitative estimate of drug-likeness (QED) is 0.936. The second-order valence-electron chi connectivity index (χ2n) is 6.66. The van der Waals surface area contributed by atoms with Gasteiger partial charge in [-0.2, -0.15) is 0 Å². The average Bonchev–Trinajstić information content (AvgIpc) is 3.17. The maximum absolute atomic E-state index is 5.22. The minimum Gasteiger partial charge on any atom is -0.497 e. The monoisotopic (exact) mass is 324 g/mol. The molecule has 0 aliphatic carbocycles. The zero-order valence-electron chi connectivity index (χ0n) is 14.2. The van der Waals surface area contributed by atoms with Crippen LogP contribution in [0, 0.1) is 0 Å². The van der Waals surface area contributed by atoms with Crippen molar-refractivity contribution < 1.29 is 4.74 Å². The summed E-state index contributed by atoms with van der Waals surface area (Å²) in [4.78, 5) is 11.9. The SMILES string of the molecule is COc1ccc(CN2CCc3nc([C@@H]4CCCN4)ncc3C2)cc1. The molecule has 1 atom stereocenters. The van der Waals surface area contributed by atoms with Crippen molar-refractivity contribution in [1.29, 1.82) is 0 Å². The summed E-state index contributed by atoms with van der Waals surface area (Å²) in [6.45, 7) is 4.02. The van der Waals surface area contributed by atoms with Crippen molar-refractivity contribution in [2.75, 3.05) is 20.2 Å². The molecule has 2 aliphatic rings. The van der Waals surface area contributed by atoms with E-state index in [1.165, 1.54) is 23.2 Å². The standard InChI is InChI=1S/C19H24N4O/c1-24-16-6-4-14(5-7-16)12-23-10-8-17-15(13-23)11-21-19(22-17)18-3-2-9-20-18/h4-7,11,18,20H,2-3,8-10,12-13H2,1H3/t18-/m0/s1. The molecule has 4 rings (SSSR count). The van der Waals surface area contributed by atoms with Crippen molar-refractivity contribution in [3.63, 3.8) is 0 Å². The van der Waals surface area contributed by atoms with Crippen LogP contribution in [-0.2, 0) is 19.5 Å². The number of ether oxygens (including phenoxy) is 1. The van der Waals surface area contributed by atoms with Gasteiger partial charge in [0.15, 0.2) is 0 Å². The molecule has 0 saturated carbocycles. The Hall–Kier alpha value is -1.98. The third-order valence-electron chi connectivity index (χ3n) is 4.97. The molecule has 0 radical (unpaired) electrons. The molecule has 0 spiro atoms. The summed E-state index contributed by atoms with van der Waals surface area (Å²) >= 11 is 0. The number of benzene rings is 1. The average molecular weight is 324 g/mol. The topological polar surface area (TPSA) is 50.3 Å². The maximum Gasteiger partial charge on any atom is 0.145 e. The number of methoxy groups -OCH3 is 1. The van der Waals surface area contributed by atoms with Gasteiger partial charge < -0.3 is 10.1 Å². The summed E-state index contributed by atoms with van der Waals surface area (Å²) in [7, 11) is 1.70. The van der Waals surface area contributed by atoms with E-state index in [1.54, 1.807) is 7.11 Å². The molecule has 24 heavy (non-hydrogen) atoms. The Bertz CT molecular complexity index is 695. The Balaban J connectivity index is 1.43. The van der Waals surface area contributed by atoms with Crippen molar-refractivity contribution in [2.24, 2.45) is 0 Å². The smallest absolute Gasteiger partial charge is 0.145 e. The van der Waals surface area contributed by atoms with E-state index in [0.29, 0.717) is 6.04 Å². The largest absolute Gasteiger partial charge is 0.497 e. The summed E-state index contributed by atoms with van der Waals surface area (Å²) < 4.78 is 5.22. The van der Waals surface area contributed by atoms with Gasteiger partial charge in [-0.3, -0.25) is 4.90 Å². The molecule has 0 bridgehead atoms. The van der Waals surface area contributed by atoms with E-state index >= 15 is 0 Å². The number of hydrogen-bond acceptors (Lipinski definition) is 5. The lowest BCUT2D eigenvalue weighted by Gasteiger charge is -2.28. The first-order valence-electron chi connectivity index (χ1n) is 8.75. The summed E-state index contributed by atoms with van der Waals surface area (Å²) in [5, 5.41) is 3.48. The molecule has 0 unspecified atom stereocenters. The molecule has 5 heteroatoms. The van der Waals surface area contributed by atoms with Crippen LogP contribution in [0.5, 0.6) is 5.75 Å². The first-order chi connectivity index (χ1) is 11.8. The second-order valence-corrected chi connectivity index (χ2v) is 6.66. The van der Waals surface area contributed by atoms with Crippen LogP contribution in [0.15, 0.2) is 30.5 Å². The Morgan fingerprint density at radius 1 is 1.29 bits per heavy atom. The molecular formula is C19H24N4O. The Kier molecular flexibility index (Phi) is 4.45. The second kappa shape index (κ2) is 6.87. The highest BCUT2D eigenvalue weighted by Crippen LogP contribution is 2.24. The van der Waals surface area contributed by atoms with Gasteiger partial charge in [0.2, 0.25) is 0 Å². The van der Waals surface area contributed by atoms with Crippen LogP contribution in [0.4, 0.5) is 0 Å². The number of nitrogens with one attached hydrogen (secondary N) is 1. The number of hydrogen-bond donors (Lipinski definition) is 1. The van der Waals surface area contributed by atoms with Crippen molar-refractivity contribution in [2.45, 2.75) is 38.4 Å². The predicted octanol–water partition coefficient (Wildman–Crippen LogP) is 2.47. The lowest BCUT2D eigenvalue weighted by molar-refractivity contribution is 0.242. The van der Waals surface area contributed by atoms with Gasteiger partial charge in [0.25, 0.3) is 0 Å². The van der Waals surface area contributed by atoms with Crippen LogP contribution in [0.2, 0.25) is 0 Å². The van der Waals surface area contributed by atoms with Gasteiger partial charge in [-0.25, -0.2) is 9.97 Å².